The Morgan fingerprint density at radius 1 is 1.38 bits per heavy atom. The van der Waals surface area contributed by atoms with Crippen molar-refractivity contribution >= 4 is 17.8 Å². The summed E-state index contributed by atoms with van der Waals surface area (Å²) in [5.41, 5.74) is 0.298. The highest BCUT2D eigenvalue weighted by molar-refractivity contribution is 6.09. The molecule has 1 heterocycles. The van der Waals surface area contributed by atoms with E-state index in [2.05, 4.69) is 10.6 Å². The van der Waals surface area contributed by atoms with Crippen LogP contribution < -0.4 is 15.4 Å². The van der Waals surface area contributed by atoms with Gasteiger partial charge in [0.25, 0.3) is 5.91 Å². The summed E-state index contributed by atoms with van der Waals surface area (Å²) in [6.07, 6.45) is 0. The smallest absolute Gasteiger partial charge is 0.325 e. The second-order valence-corrected chi connectivity index (χ2v) is 6.35. The van der Waals surface area contributed by atoms with Gasteiger partial charge in [0.05, 0.1) is 7.11 Å². The lowest BCUT2D eigenvalue weighted by Gasteiger charge is -2.23. The number of ether oxygens (including phenoxy) is 1. The fraction of sp³-hybridized carbons (Fsp3) is 0.471. The van der Waals surface area contributed by atoms with E-state index in [1.807, 2.05) is 20.8 Å². The monoisotopic (exact) mass is 333 g/mol. The molecular weight excluding hydrogens is 310 g/mol. The van der Waals surface area contributed by atoms with E-state index in [4.69, 9.17) is 4.74 Å². The van der Waals surface area contributed by atoms with Crippen LogP contribution in [0.2, 0.25) is 0 Å². The molecule has 1 aliphatic heterocycles. The number of amides is 4. The number of hydrogen-bond acceptors (Lipinski definition) is 4. The Morgan fingerprint density at radius 2 is 2.04 bits per heavy atom. The molecular formula is C17H23N3O4. The third-order valence-corrected chi connectivity index (χ3v) is 4.00. The van der Waals surface area contributed by atoms with Crippen LogP contribution in [0.25, 0.3) is 0 Å². The van der Waals surface area contributed by atoms with Crippen molar-refractivity contribution in [1.29, 1.82) is 0 Å². The minimum atomic E-state index is -1.20. The summed E-state index contributed by atoms with van der Waals surface area (Å²) in [5.74, 6) is -0.119. The number of carbonyl (C=O) groups excluding carboxylic acids is 3. The first kappa shape index (κ1) is 17.8. The van der Waals surface area contributed by atoms with Crippen molar-refractivity contribution < 1.29 is 19.1 Å². The lowest BCUT2D eigenvalue weighted by atomic mass is 9.90. The van der Waals surface area contributed by atoms with Gasteiger partial charge in [0.1, 0.15) is 17.8 Å². The lowest BCUT2D eigenvalue weighted by molar-refractivity contribution is -0.135. The van der Waals surface area contributed by atoms with Crippen LogP contribution in [0.15, 0.2) is 18.2 Å². The van der Waals surface area contributed by atoms with Gasteiger partial charge in [-0.25, -0.2) is 4.79 Å². The molecule has 1 fully saturated rings. The van der Waals surface area contributed by atoms with E-state index in [1.165, 1.54) is 0 Å². The van der Waals surface area contributed by atoms with Crippen molar-refractivity contribution in [3.8, 4) is 5.75 Å². The molecule has 1 aromatic carbocycles. The van der Waals surface area contributed by atoms with Gasteiger partial charge in [-0.1, -0.05) is 6.07 Å². The van der Waals surface area contributed by atoms with Crippen LogP contribution in [0.5, 0.6) is 5.75 Å². The third-order valence-electron chi connectivity index (χ3n) is 4.00. The summed E-state index contributed by atoms with van der Waals surface area (Å²) in [5, 5.41) is 5.36. The highest BCUT2D eigenvalue weighted by Gasteiger charge is 2.49. The molecule has 4 amide bonds. The fourth-order valence-electron chi connectivity index (χ4n) is 2.74. The number of carbonyl (C=O) groups is 3. The number of nitrogens with one attached hydrogen (secondary N) is 2. The van der Waals surface area contributed by atoms with Crippen molar-refractivity contribution in [2.24, 2.45) is 0 Å². The summed E-state index contributed by atoms with van der Waals surface area (Å²) < 4.78 is 5.22. The molecule has 1 aliphatic rings. The lowest BCUT2D eigenvalue weighted by Crippen LogP contribution is -2.44. The van der Waals surface area contributed by atoms with E-state index in [9.17, 15) is 14.4 Å². The predicted octanol–water partition coefficient (Wildman–Crippen LogP) is 1.30. The SMILES string of the molecule is COc1ccc(C2(C)NC(=O)N(CC(=O)NC(C)C)C2=O)cc1C. The first-order chi connectivity index (χ1) is 11.2. The van der Waals surface area contributed by atoms with E-state index < -0.39 is 17.5 Å². The standard InChI is InChI=1S/C17H23N3O4/c1-10(2)18-14(21)9-20-15(22)17(4,19-16(20)23)12-6-7-13(24-5)11(3)8-12/h6-8,10H,9H2,1-5H3,(H,18,21)(H,19,23). The molecule has 0 saturated carbocycles. The first-order valence-electron chi connectivity index (χ1n) is 7.77. The van der Waals surface area contributed by atoms with Crippen molar-refractivity contribution in [3.05, 3.63) is 29.3 Å². The molecule has 24 heavy (non-hydrogen) atoms. The summed E-state index contributed by atoms with van der Waals surface area (Å²) in [4.78, 5) is 37.8. The van der Waals surface area contributed by atoms with E-state index in [1.54, 1.807) is 32.2 Å². The Kier molecular flexibility index (Phi) is 4.82. The van der Waals surface area contributed by atoms with Crippen LogP contribution in [0, 0.1) is 6.92 Å². The topological polar surface area (TPSA) is 87.7 Å². The quantitative estimate of drug-likeness (QED) is 0.795. The minimum absolute atomic E-state index is 0.0612. The Bertz CT molecular complexity index is 686. The molecule has 2 rings (SSSR count). The predicted molar refractivity (Wildman–Crippen MR) is 88.6 cm³/mol. The van der Waals surface area contributed by atoms with Gasteiger partial charge in [-0.05, 0) is 51.0 Å². The Morgan fingerprint density at radius 3 is 2.58 bits per heavy atom. The molecule has 0 radical (unpaired) electrons. The number of hydrogen-bond donors (Lipinski definition) is 2. The van der Waals surface area contributed by atoms with Gasteiger partial charge in [0, 0.05) is 6.04 Å². The van der Waals surface area contributed by atoms with Gasteiger partial charge in [-0.15, -0.1) is 0 Å². The first-order valence-corrected chi connectivity index (χ1v) is 7.77. The highest BCUT2D eigenvalue weighted by Crippen LogP contribution is 2.31. The molecule has 2 N–H and O–H groups in total. The van der Waals surface area contributed by atoms with Crippen molar-refractivity contribution in [2.75, 3.05) is 13.7 Å². The van der Waals surface area contributed by atoms with Gasteiger partial charge >= 0.3 is 6.03 Å². The molecule has 130 valence electrons. The maximum Gasteiger partial charge on any atom is 0.325 e. The number of aryl methyl sites for hydroxylation is 1. The van der Waals surface area contributed by atoms with Crippen LogP contribution in [0.4, 0.5) is 4.79 Å². The van der Waals surface area contributed by atoms with Crippen LogP contribution in [0.1, 0.15) is 31.9 Å². The summed E-state index contributed by atoms with van der Waals surface area (Å²) >= 11 is 0. The summed E-state index contributed by atoms with van der Waals surface area (Å²) in [7, 11) is 1.57. The molecule has 0 spiro atoms. The second-order valence-electron chi connectivity index (χ2n) is 6.35. The normalized spacial score (nSPS) is 20.3. The number of urea groups is 1. The van der Waals surface area contributed by atoms with E-state index in [0.29, 0.717) is 11.3 Å². The molecule has 7 nitrogen and oxygen atoms in total. The Balaban J connectivity index is 2.26. The zero-order valence-corrected chi connectivity index (χ0v) is 14.6. The molecule has 1 atom stereocenters. The zero-order valence-electron chi connectivity index (χ0n) is 14.6. The Hall–Kier alpha value is -2.57. The average molecular weight is 333 g/mol. The van der Waals surface area contributed by atoms with Crippen LogP contribution in [0.3, 0.4) is 0 Å². The number of benzene rings is 1. The maximum atomic E-state index is 12.8. The highest BCUT2D eigenvalue weighted by atomic mass is 16.5. The van der Waals surface area contributed by atoms with Gasteiger partial charge in [0.15, 0.2) is 0 Å². The van der Waals surface area contributed by atoms with Crippen LogP contribution in [-0.2, 0) is 15.1 Å². The maximum absolute atomic E-state index is 12.8. The van der Waals surface area contributed by atoms with E-state index >= 15 is 0 Å². The van der Waals surface area contributed by atoms with E-state index in [-0.39, 0.29) is 18.5 Å². The second kappa shape index (κ2) is 6.51. The van der Waals surface area contributed by atoms with Crippen LogP contribution >= 0.6 is 0 Å². The molecule has 1 aromatic rings. The molecule has 0 aromatic heterocycles. The van der Waals surface area contributed by atoms with Crippen molar-refractivity contribution in [1.82, 2.24) is 15.5 Å². The fourth-order valence-corrected chi connectivity index (χ4v) is 2.74. The molecule has 1 unspecified atom stereocenters. The number of nitrogens with zero attached hydrogens (tertiary/aromatic N) is 1. The van der Waals surface area contributed by atoms with Gasteiger partial charge in [0.2, 0.25) is 5.91 Å². The summed E-state index contributed by atoms with van der Waals surface area (Å²) in [6.45, 7) is 6.82. The molecule has 7 heteroatoms. The minimum Gasteiger partial charge on any atom is -0.496 e. The van der Waals surface area contributed by atoms with Crippen LogP contribution in [-0.4, -0.2) is 42.4 Å². The largest absolute Gasteiger partial charge is 0.496 e. The number of rotatable bonds is 5. The Labute approximate surface area is 141 Å². The third kappa shape index (κ3) is 3.20. The average Bonchev–Trinajstić information content (AvgIpc) is 2.71. The zero-order chi connectivity index (χ0) is 18.1. The van der Waals surface area contributed by atoms with E-state index in [0.717, 1.165) is 10.5 Å². The number of methoxy groups -OCH3 is 1. The van der Waals surface area contributed by atoms with Gasteiger partial charge in [-0.3, -0.25) is 14.5 Å². The summed E-state index contributed by atoms with van der Waals surface area (Å²) in [6, 6.07) is 4.66. The van der Waals surface area contributed by atoms with Gasteiger partial charge in [-0.2, -0.15) is 0 Å². The molecule has 0 aliphatic carbocycles. The van der Waals surface area contributed by atoms with Crippen molar-refractivity contribution in [2.45, 2.75) is 39.3 Å². The molecule has 1 saturated heterocycles. The molecule has 0 bridgehead atoms. The number of imide groups is 1. The van der Waals surface area contributed by atoms with Gasteiger partial charge < -0.3 is 15.4 Å². The van der Waals surface area contributed by atoms with Crippen molar-refractivity contribution in [3.63, 3.8) is 0 Å².